The van der Waals surface area contributed by atoms with Crippen molar-refractivity contribution in [1.82, 2.24) is 4.90 Å². The van der Waals surface area contributed by atoms with Gasteiger partial charge < -0.3 is 10.0 Å². The Balaban J connectivity index is 4.46. The zero-order valence-corrected chi connectivity index (χ0v) is 9.36. The molecule has 0 heterocycles. The van der Waals surface area contributed by atoms with E-state index in [9.17, 15) is 4.79 Å². The summed E-state index contributed by atoms with van der Waals surface area (Å²) < 4.78 is 0. The summed E-state index contributed by atoms with van der Waals surface area (Å²) in [5.41, 5.74) is 0. The predicted molar refractivity (Wildman–Crippen MR) is 58.0 cm³/mol. The van der Waals surface area contributed by atoms with Crippen molar-refractivity contribution in [3.63, 3.8) is 0 Å². The highest BCUT2D eigenvalue weighted by atomic mass is 16.3. The molecule has 0 aliphatic rings. The molecule has 0 aromatic carbocycles. The van der Waals surface area contributed by atoms with Crippen LogP contribution in [0.15, 0.2) is 12.2 Å². The van der Waals surface area contributed by atoms with Gasteiger partial charge in [0, 0.05) is 12.6 Å². The maximum atomic E-state index is 11.6. The van der Waals surface area contributed by atoms with Gasteiger partial charge in [0.2, 0.25) is 5.91 Å². The van der Waals surface area contributed by atoms with Gasteiger partial charge in [-0.1, -0.05) is 19.9 Å². The van der Waals surface area contributed by atoms with Crippen LogP contribution in [-0.2, 0) is 4.79 Å². The second-order valence-electron chi connectivity index (χ2n) is 3.23. The molecule has 0 aromatic rings. The summed E-state index contributed by atoms with van der Waals surface area (Å²) in [7, 11) is 0. The Morgan fingerprint density at radius 1 is 1.43 bits per heavy atom. The number of aliphatic hydroxyl groups is 1. The first-order valence-electron chi connectivity index (χ1n) is 5.25. The summed E-state index contributed by atoms with van der Waals surface area (Å²) in [5.74, 6) is -0.00440. The number of rotatable bonds is 6. The number of nitrogens with zero attached hydrogens (tertiary/aromatic N) is 1. The van der Waals surface area contributed by atoms with Gasteiger partial charge in [-0.25, -0.2) is 0 Å². The average Bonchev–Trinajstić information content (AvgIpc) is 2.18. The highest BCUT2D eigenvalue weighted by Crippen LogP contribution is 2.08. The Labute approximate surface area is 86.4 Å². The molecule has 82 valence electrons. The molecular weight excluding hydrogens is 178 g/mol. The number of carbonyl (C=O) groups excluding carboxylic acids is 1. The minimum absolute atomic E-state index is 0.00440. The van der Waals surface area contributed by atoms with Crippen LogP contribution in [0.5, 0.6) is 0 Å². The highest BCUT2D eigenvalue weighted by molar-refractivity contribution is 5.87. The zero-order chi connectivity index (χ0) is 11.0. The van der Waals surface area contributed by atoms with Gasteiger partial charge in [-0.3, -0.25) is 4.79 Å². The third kappa shape index (κ3) is 3.92. The van der Waals surface area contributed by atoms with E-state index in [4.69, 9.17) is 5.11 Å². The molecule has 0 spiro atoms. The van der Waals surface area contributed by atoms with Crippen LogP contribution in [0.4, 0.5) is 0 Å². The molecule has 3 nitrogen and oxygen atoms in total. The van der Waals surface area contributed by atoms with Crippen molar-refractivity contribution in [2.24, 2.45) is 0 Å². The molecule has 0 atom stereocenters. The average molecular weight is 199 g/mol. The molecule has 0 bridgehead atoms. The minimum atomic E-state index is -0.00440. The summed E-state index contributed by atoms with van der Waals surface area (Å²) >= 11 is 0. The van der Waals surface area contributed by atoms with E-state index >= 15 is 0 Å². The Kier molecular flexibility index (Phi) is 7.11. The summed E-state index contributed by atoms with van der Waals surface area (Å²) in [6, 6.07) is 0.242. The van der Waals surface area contributed by atoms with Gasteiger partial charge in [-0.15, -0.1) is 0 Å². The highest BCUT2D eigenvalue weighted by Gasteiger charge is 2.17. The number of hydrogen-bond acceptors (Lipinski definition) is 2. The van der Waals surface area contributed by atoms with Gasteiger partial charge in [0.05, 0.1) is 6.61 Å². The van der Waals surface area contributed by atoms with Crippen molar-refractivity contribution in [3.05, 3.63) is 12.2 Å². The second kappa shape index (κ2) is 7.56. The topological polar surface area (TPSA) is 40.5 Å². The fourth-order valence-electron chi connectivity index (χ4n) is 1.55. The molecule has 0 radical (unpaired) electrons. The monoisotopic (exact) mass is 199 g/mol. The van der Waals surface area contributed by atoms with E-state index in [1.54, 1.807) is 17.1 Å². The van der Waals surface area contributed by atoms with Crippen molar-refractivity contribution >= 4 is 5.91 Å². The molecule has 0 saturated carbocycles. The van der Waals surface area contributed by atoms with Crippen LogP contribution in [0, 0.1) is 0 Å². The van der Waals surface area contributed by atoms with Gasteiger partial charge >= 0.3 is 0 Å². The largest absolute Gasteiger partial charge is 0.395 e. The van der Waals surface area contributed by atoms with Crippen LogP contribution in [-0.4, -0.2) is 35.1 Å². The van der Waals surface area contributed by atoms with Crippen molar-refractivity contribution in [3.8, 4) is 0 Å². The van der Waals surface area contributed by atoms with Crippen molar-refractivity contribution in [2.45, 2.75) is 39.7 Å². The number of carbonyl (C=O) groups is 1. The van der Waals surface area contributed by atoms with Gasteiger partial charge in [0.25, 0.3) is 0 Å². The van der Waals surface area contributed by atoms with Crippen molar-refractivity contribution in [1.29, 1.82) is 0 Å². The second-order valence-corrected chi connectivity index (χ2v) is 3.23. The minimum Gasteiger partial charge on any atom is -0.395 e. The van der Waals surface area contributed by atoms with Gasteiger partial charge in [-0.05, 0) is 25.8 Å². The lowest BCUT2D eigenvalue weighted by atomic mass is 10.1. The maximum absolute atomic E-state index is 11.6. The van der Waals surface area contributed by atoms with Crippen molar-refractivity contribution < 1.29 is 9.90 Å². The van der Waals surface area contributed by atoms with Crippen LogP contribution in [0.1, 0.15) is 33.6 Å². The van der Waals surface area contributed by atoms with Gasteiger partial charge in [0.1, 0.15) is 0 Å². The van der Waals surface area contributed by atoms with Crippen LogP contribution in [0.2, 0.25) is 0 Å². The molecule has 0 aliphatic carbocycles. The molecule has 1 N–H and O–H groups in total. The Morgan fingerprint density at radius 3 is 2.36 bits per heavy atom. The van der Waals surface area contributed by atoms with Gasteiger partial charge in [0.15, 0.2) is 0 Å². The lowest BCUT2D eigenvalue weighted by molar-refractivity contribution is -0.129. The summed E-state index contributed by atoms with van der Waals surface area (Å²) in [6.07, 6.45) is 5.14. The first kappa shape index (κ1) is 13.2. The first-order chi connectivity index (χ1) is 6.71. The molecule has 0 saturated heterocycles. The zero-order valence-electron chi connectivity index (χ0n) is 9.36. The van der Waals surface area contributed by atoms with Crippen LogP contribution in [0.3, 0.4) is 0 Å². The smallest absolute Gasteiger partial charge is 0.246 e. The SMILES string of the molecule is CC=CC(=O)N(CCO)C(CC)CC. The maximum Gasteiger partial charge on any atom is 0.246 e. The quantitative estimate of drug-likeness (QED) is 0.660. The fourth-order valence-corrected chi connectivity index (χ4v) is 1.55. The Bertz CT molecular complexity index is 186. The van der Waals surface area contributed by atoms with Crippen molar-refractivity contribution in [2.75, 3.05) is 13.2 Å². The summed E-state index contributed by atoms with van der Waals surface area (Å²) in [6.45, 7) is 6.39. The van der Waals surface area contributed by atoms with E-state index in [1.165, 1.54) is 0 Å². The number of hydrogen-bond donors (Lipinski definition) is 1. The molecular formula is C11H21NO2. The third-order valence-electron chi connectivity index (χ3n) is 2.32. The Hall–Kier alpha value is -0.830. The van der Waals surface area contributed by atoms with Crippen LogP contribution in [0.25, 0.3) is 0 Å². The van der Waals surface area contributed by atoms with E-state index in [0.29, 0.717) is 6.54 Å². The van der Waals surface area contributed by atoms with Crippen LogP contribution < -0.4 is 0 Å². The number of amides is 1. The summed E-state index contributed by atoms with van der Waals surface area (Å²) in [5, 5.41) is 8.88. The van der Waals surface area contributed by atoms with E-state index < -0.39 is 0 Å². The molecule has 3 heteroatoms. The standard InChI is InChI=1S/C11H21NO2/c1-4-7-11(14)12(8-9-13)10(5-2)6-3/h4,7,10,13H,5-6,8-9H2,1-3H3. The molecule has 0 unspecified atom stereocenters. The molecule has 0 aliphatic heterocycles. The first-order valence-corrected chi connectivity index (χ1v) is 5.25. The summed E-state index contributed by atoms with van der Waals surface area (Å²) in [4.78, 5) is 13.4. The Morgan fingerprint density at radius 2 is 2.00 bits per heavy atom. The van der Waals surface area contributed by atoms with E-state index in [2.05, 4.69) is 13.8 Å². The molecule has 0 rings (SSSR count). The number of allylic oxidation sites excluding steroid dienone is 1. The lowest BCUT2D eigenvalue weighted by Crippen LogP contribution is -2.40. The predicted octanol–water partition coefficient (Wildman–Crippen LogP) is 1.57. The fraction of sp³-hybridized carbons (Fsp3) is 0.727. The number of aliphatic hydroxyl groups excluding tert-OH is 1. The molecule has 0 fully saturated rings. The normalized spacial score (nSPS) is 11.2. The van der Waals surface area contributed by atoms with E-state index in [0.717, 1.165) is 12.8 Å². The molecule has 0 aromatic heterocycles. The molecule has 1 amide bonds. The van der Waals surface area contributed by atoms with Crippen LogP contribution >= 0.6 is 0 Å². The van der Waals surface area contributed by atoms with Gasteiger partial charge in [-0.2, -0.15) is 0 Å². The third-order valence-corrected chi connectivity index (χ3v) is 2.32. The van der Waals surface area contributed by atoms with E-state index in [-0.39, 0.29) is 18.6 Å². The van der Waals surface area contributed by atoms with E-state index in [1.807, 2.05) is 6.92 Å². The molecule has 14 heavy (non-hydrogen) atoms. The lowest BCUT2D eigenvalue weighted by Gasteiger charge is -2.28.